The molecule has 0 saturated carbocycles. The summed E-state index contributed by atoms with van der Waals surface area (Å²) in [5.41, 5.74) is 0. The maximum atomic E-state index is 11.4. The molecule has 12 nitrogen and oxygen atoms in total. The topological polar surface area (TPSA) is 179 Å². The van der Waals surface area contributed by atoms with Crippen LogP contribution >= 0.6 is 0 Å². The summed E-state index contributed by atoms with van der Waals surface area (Å²) >= 11 is 0. The second kappa shape index (κ2) is 8.35. The first kappa shape index (κ1) is 23.6. The van der Waals surface area contributed by atoms with Crippen molar-refractivity contribution in [2.45, 2.75) is 12.1 Å². The van der Waals surface area contributed by atoms with E-state index in [1.807, 2.05) is 9.44 Å². The Morgan fingerprint density at radius 2 is 0.875 bits per heavy atom. The van der Waals surface area contributed by atoms with Gasteiger partial charge in [0, 0.05) is 0 Å². The van der Waals surface area contributed by atoms with Gasteiger partial charge in [0.2, 0.25) is 20.0 Å². The van der Waals surface area contributed by atoms with E-state index < -0.39 is 65.6 Å². The monoisotopic (exact) mass is 432 g/mol. The fraction of sp³-hybridized carbons (Fsp3) is 1.00. The lowest BCUT2D eigenvalue weighted by Crippen LogP contribution is -2.55. The maximum Gasteiger partial charge on any atom is 0.264 e. The van der Waals surface area contributed by atoms with Crippen molar-refractivity contribution in [3.8, 4) is 0 Å². The van der Waals surface area contributed by atoms with E-state index in [0.29, 0.717) is 12.5 Å². The van der Waals surface area contributed by atoms with Gasteiger partial charge in [-0.3, -0.25) is 8.37 Å². The van der Waals surface area contributed by atoms with Crippen LogP contribution in [0.2, 0.25) is 0 Å². The zero-order chi connectivity index (χ0) is 19.4. The molecule has 0 fully saturated rings. The number of nitrogens with one attached hydrogen (secondary N) is 2. The normalized spacial score (nSPS) is 16.7. The Morgan fingerprint density at radius 3 is 1.04 bits per heavy atom. The molecule has 0 aliphatic heterocycles. The van der Waals surface area contributed by atoms with E-state index in [9.17, 15) is 33.7 Å². The SMILES string of the molecule is CS(=O)(=O)N[C@H](COS(C)(=O)=O)[C@@H](COS(C)(=O)=O)NS(C)(=O)=O. The molecule has 0 amide bonds. The fourth-order valence-corrected chi connectivity index (χ4v) is 3.76. The molecule has 24 heavy (non-hydrogen) atoms. The lowest BCUT2D eigenvalue weighted by Gasteiger charge is -2.26. The zero-order valence-electron chi connectivity index (χ0n) is 13.3. The summed E-state index contributed by atoms with van der Waals surface area (Å²) in [5, 5.41) is 0. The first-order valence-electron chi connectivity index (χ1n) is 6.01. The first-order chi connectivity index (χ1) is 10.4. The van der Waals surface area contributed by atoms with Crippen molar-refractivity contribution < 1.29 is 42.0 Å². The van der Waals surface area contributed by atoms with Crippen LogP contribution in [-0.4, -0.2) is 84.0 Å². The van der Waals surface area contributed by atoms with Crippen LogP contribution in [0.3, 0.4) is 0 Å². The minimum absolute atomic E-state index is 0.705. The highest BCUT2D eigenvalue weighted by Gasteiger charge is 2.30. The molecule has 2 atom stereocenters. The van der Waals surface area contributed by atoms with E-state index >= 15 is 0 Å². The largest absolute Gasteiger partial charge is 0.269 e. The van der Waals surface area contributed by atoms with Crippen molar-refractivity contribution in [1.82, 2.24) is 9.44 Å². The number of rotatable bonds is 11. The average molecular weight is 433 g/mol. The Morgan fingerprint density at radius 1 is 0.625 bits per heavy atom. The molecule has 0 aliphatic rings. The molecule has 0 bridgehead atoms. The molecular formula is C8H20N2O10S4. The standard InChI is InChI=1S/C8H20N2O10S4/c1-21(11,12)9-7(5-19-23(3,15)16)8(10-22(2,13)14)6-20-24(4,17)18/h7-10H,5-6H2,1-4H3/t7-,8-/m1/s1. The van der Waals surface area contributed by atoms with Crippen LogP contribution < -0.4 is 9.44 Å². The average Bonchev–Trinajstić information content (AvgIpc) is 2.25. The van der Waals surface area contributed by atoms with E-state index in [0.717, 1.165) is 12.5 Å². The van der Waals surface area contributed by atoms with Gasteiger partial charge in [-0.1, -0.05) is 0 Å². The number of hydrogen-bond acceptors (Lipinski definition) is 10. The molecular weight excluding hydrogens is 412 g/mol. The van der Waals surface area contributed by atoms with E-state index in [1.54, 1.807) is 0 Å². The smallest absolute Gasteiger partial charge is 0.264 e. The Kier molecular flexibility index (Phi) is 8.22. The first-order valence-corrected chi connectivity index (χ1v) is 13.4. The van der Waals surface area contributed by atoms with E-state index in [2.05, 4.69) is 8.37 Å². The van der Waals surface area contributed by atoms with Gasteiger partial charge in [0.25, 0.3) is 20.2 Å². The molecule has 0 aromatic carbocycles. The van der Waals surface area contributed by atoms with Gasteiger partial charge in [0.1, 0.15) is 0 Å². The third-order valence-corrected chi connectivity index (χ3v) is 4.73. The molecule has 146 valence electrons. The predicted octanol–water partition coefficient (Wildman–Crippen LogP) is -3.23. The minimum Gasteiger partial charge on any atom is -0.269 e. The molecule has 0 rings (SSSR count). The molecule has 0 aromatic rings. The van der Waals surface area contributed by atoms with Gasteiger partial charge in [0.05, 0.1) is 50.3 Å². The third kappa shape index (κ3) is 14.0. The second-order valence-electron chi connectivity index (χ2n) is 4.97. The number of hydrogen-bond donors (Lipinski definition) is 2. The predicted molar refractivity (Wildman–Crippen MR) is 85.1 cm³/mol. The fourth-order valence-electron chi connectivity index (χ4n) is 1.41. The Hall–Kier alpha value is -0.360. The lowest BCUT2D eigenvalue weighted by atomic mass is 10.2. The van der Waals surface area contributed by atoms with Crippen molar-refractivity contribution in [3.63, 3.8) is 0 Å². The van der Waals surface area contributed by atoms with E-state index in [4.69, 9.17) is 0 Å². The summed E-state index contributed by atoms with van der Waals surface area (Å²) in [4.78, 5) is 0. The Balaban J connectivity index is 5.57. The van der Waals surface area contributed by atoms with Crippen LogP contribution in [0.25, 0.3) is 0 Å². The van der Waals surface area contributed by atoms with Crippen molar-refractivity contribution >= 4 is 40.3 Å². The molecule has 0 heterocycles. The van der Waals surface area contributed by atoms with Crippen LogP contribution in [0.15, 0.2) is 0 Å². The quantitative estimate of drug-likeness (QED) is 0.315. The van der Waals surface area contributed by atoms with Crippen LogP contribution in [0.4, 0.5) is 0 Å². The van der Waals surface area contributed by atoms with Crippen molar-refractivity contribution in [2.24, 2.45) is 0 Å². The van der Waals surface area contributed by atoms with Crippen molar-refractivity contribution in [3.05, 3.63) is 0 Å². The molecule has 16 heteroatoms. The summed E-state index contributed by atoms with van der Waals surface area (Å²) in [5.74, 6) is 0. The van der Waals surface area contributed by atoms with Gasteiger partial charge in [-0.15, -0.1) is 0 Å². The van der Waals surface area contributed by atoms with Gasteiger partial charge in [0.15, 0.2) is 0 Å². The minimum atomic E-state index is -3.97. The summed E-state index contributed by atoms with van der Waals surface area (Å²) in [6.07, 6.45) is 2.90. The Bertz CT molecular complexity index is 755. The van der Waals surface area contributed by atoms with Crippen molar-refractivity contribution in [1.29, 1.82) is 0 Å². The number of sulfonamides is 2. The van der Waals surface area contributed by atoms with Gasteiger partial charge in [-0.05, 0) is 0 Å². The van der Waals surface area contributed by atoms with E-state index in [-0.39, 0.29) is 0 Å². The summed E-state index contributed by atoms with van der Waals surface area (Å²) in [6, 6.07) is -2.91. The molecule has 0 saturated heterocycles. The maximum absolute atomic E-state index is 11.4. The molecule has 0 radical (unpaired) electrons. The van der Waals surface area contributed by atoms with Crippen LogP contribution in [0, 0.1) is 0 Å². The lowest BCUT2D eigenvalue weighted by molar-refractivity contribution is 0.213. The molecule has 2 N–H and O–H groups in total. The van der Waals surface area contributed by atoms with Crippen LogP contribution in [-0.2, 0) is 48.6 Å². The molecule has 0 aliphatic carbocycles. The third-order valence-electron chi connectivity index (χ3n) is 2.14. The molecule has 0 spiro atoms. The highest BCUT2D eigenvalue weighted by atomic mass is 32.2. The molecule has 0 aromatic heterocycles. The molecule has 0 unspecified atom stereocenters. The second-order valence-corrected chi connectivity index (χ2v) is 11.8. The van der Waals surface area contributed by atoms with Crippen LogP contribution in [0.5, 0.6) is 0 Å². The van der Waals surface area contributed by atoms with Gasteiger partial charge in [-0.2, -0.15) is 16.8 Å². The van der Waals surface area contributed by atoms with Crippen LogP contribution in [0.1, 0.15) is 0 Å². The highest BCUT2D eigenvalue weighted by molar-refractivity contribution is 7.89. The summed E-state index contributed by atoms with van der Waals surface area (Å²) in [6.45, 7) is -1.57. The van der Waals surface area contributed by atoms with E-state index in [1.165, 1.54) is 0 Å². The van der Waals surface area contributed by atoms with Gasteiger partial charge < -0.3 is 0 Å². The zero-order valence-corrected chi connectivity index (χ0v) is 16.6. The summed E-state index contributed by atoms with van der Waals surface area (Å²) in [7, 11) is -15.8. The highest BCUT2D eigenvalue weighted by Crippen LogP contribution is 2.04. The summed E-state index contributed by atoms with van der Waals surface area (Å²) < 4.78 is 103. The van der Waals surface area contributed by atoms with Gasteiger partial charge in [-0.25, -0.2) is 26.3 Å². The van der Waals surface area contributed by atoms with Gasteiger partial charge >= 0.3 is 0 Å². The van der Waals surface area contributed by atoms with Crippen molar-refractivity contribution in [2.75, 3.05) is 38.2 Å². The Labute approximate surface area is 142 Å².